The average Bonchev–Trinajstić information content (AvgIpc) is 3.31. The molecule has 0 saturated heterocycles. The Kier molecular flexibility index (Phi) is 4.85. The number of hydrogen-bond acceptors (Lipinski definition) is 5. The predicted molar refractivity (Wildman–Crippen MR) is 105 cm³/mol. The summed E-state index contributed by atoms with van der Waals surface area (Å²) in [4.78, 5) is 11.0. The van der Waals surface area contributed by atoms with E-state index in [9.17, 15) is 4.79 Å². The summed E-state index contributed by atoms with van der Waals surface area (Å²) >= 11 is 0. The van der Waals surface area contributed by atoms with Gasteiger partial charge in [-0.15, -0.1) is 0 Å². The number of benzene rings is 2. The van der Waals surface area contributed by atoms with Gasteiger partial charge < -0.3 is 13.9 Å². The van der Waals surface area contributed by atoms with Crippen LogP contribution in [0.2, 0.25) is 0 Å². The zero-order valence-electron chi connectivity index (χ0n) is 15.7. The number of hydrogen-bond donors (Lipinski definition) is 0. The first-order valence-electron chi connectivity index (χ1n) is 8.95. The van der Waals surface area contributed by atoms with Crippen LogP contribution in [0.1, 0.15) is 18.2 Å². The Morgan fingerprint density at radius 2 is 1.93 bits per heavy atom. The number of carbonyl (C=O) groups is 1. The molecule has 2 heterocycles. The van der Waals surface area contributed by atoms with E-state index in [1.807, 2.05) is 47.1 Å². The molecule has 142 valence electrons. The maximum Gasteiger partial charge on any atom is 0.303 e. The van der Waals surface area contributed by atoms with Gasteiger partial charge >= 0.3 is 5.97 Å². The summed E-state index contributed by atoms with van der Waals surface area (Å²) in [6, 6.07) is 19.6. The molecule has 2 aromatic carbocycles. The van der Waals surface area contributed by atoms with Crippen LogP contribution in [0.3, 0.4) is 0 Å². The number of fused-ring (bicyclic) bond motifs is 1. The van der Waals surface area contributed by atoms with Crippen LogP contribution in [0.25, 0.3) is 22.4 Å². The van der Waals surface area contributed by atoms with Crippen LogP contribution in [0, 0.1) is 0 Å². The van der Waals surface area contributed by atoms with Crippen LogP contribution in [0.4, 0.5) is 0 Å². The number of ether oxygens (including phenoxy) is 2. The molecule has 28 heavy (non-hydrogen) atoms. The lowest BCUT2D eigenvalue weighted by atomic mass is 10.1. The SMILES string of the molecule is COc1ccc2c(-c3ccc(COC(C)=O)o3)nn(Cc3ccccc3)c2c1. The Hall–Kier alpha value is -3.54. The van der Waals surface area contributed by atoms with Crippen molar-refractivity contribution in [1.29, 1.82) is 0 Å². The van der Waals surface area contributed by atoms with Crippen LogP contribution in [-0.2, 0) is 22.7 Å². The number of furan rings is 1. The van der Waals surface area contributed by atoms with E-state index in [0.29, 0.717) is 18.1 Å². The molecule has 0 aliphatic carbocycles. The summed E-state index contributed by atoms with van der Waals surface area (Å²) < 4.78 is 18.2. The molecule has 0 radical (unpaired) electrons. The first-order valence-corrected chi connectivity index (χ1v) is 8.95. The Morgan fingerprint density at radius 1 is 1.11 bits per heavy atom. The summed E-state index contributed by atoms with van der Waals surface area (Å²) in [6.07, 6.45) is 0. The minimum atomic E-state index is -0.345. The summed E-state index contributed by atoms with van der Waals surface area (Å²) in [5, 5.41) is 5.76. The van der Waals surface area contributed by atoms with E-state index in [2.05, 4.69) is 12.1 Å². The number of rotatable bonds is 6. The van der Waals surface area contributed by atoms with Crippen molar-refractivity contribution in [1.82, 2.24) is 9.78 Å². The largest absolute Gasteiger partial charge is 0.497 e. The van der Waals surface area contributed by atoms with Crippen molar-refractivity contribution in [2.45, 2.75) is 20.1 Å². The molecule has 6 nitrogen and oxygen atoms in total. The molecule has 4 rings (SSSR count). The lowest BCUT2D eigenvalue weighted by Crippen LogP contribution is -2.01. The van der Waals surface area contributed by atoms with Gasteiger partial charge in [0.25, 0.3) is 0 Å². The fourth-order valence-corrected chi connectivity index (χ4v) is 3.10. The summed E-state index contributed by atoms with van der Waals surface area (Å²) in [5.41, 5.74) is 2.84. The molecule has 6 heteroatoms. The van der Waals surface area contributed by atoms with E-state index >= 15 is 0 Å². The van der Waals surface area contributed by atoms with E-state index in [0.717, 1.165) is 27.9 Å². The highest BCUT2D eigenvalue weighted by Crippen LogP contribution is 2.32. The van der Waals surface area contributed by atoms with Gasteiger partial charge in [0, 0.05) is 18.4 Å². The van der Waals surface area contributed by atoms with Crippen molar-refractivity contribution < 1.29 is 18.7 Å². The Labute approximate surface area is 162 Å². The fourth-order valence-electron chi connectivity index (χ4n) is 3.10. The number of nitrogens with zero attached hydrogens (tertiary/aromatic N) is 2. The van der Waals surface area contributed by atoms with Crippen LogP contribution < -0.4 is 4.74 Å². The molecule has 0 aliphatic heterocycles. The zero-order chi connectivity index (χ0) is 19.5. The molecule has 0 saturated carbocycles. The minimum absolute atomic E-state index is 0.103. The van der Waals surface area contributed by atoms with Crippen LogP contribution in [-0.4, -0.2) is 22.9 Å². The minimum Gasteiger partial charge on any atom is -0.497 e. The van der Waals surface area contributed by atoms with Crippen molar-refractivity contribution in [2.24, 2.45) is 0 Å². The third-order valence-corrected chi connectivity index (χ3v) is 4.45. The smallest absolute Gasteiger partial charge is 0.303 e. The fraction of sp³-hybridized carbons (Fsp3) is 0.182. The molecule has 0 amide bonds. The first kappa shape index (κ1) is 17.9. The van der Waals surface area contributed by atoms with Gasteiger partial charge in [0.2, 0.25) is 0 Å². The van der Waals surface area contributed by atoms with Crippen molar-refractivity contribution in [3.63, 3.8) is 0 Å². The van der Waals surface area contributed by atoms with Gasteiger partial charge in [0.05, 0.1) is 19.2 Å². The quantitative estimate of drug-likeness (QED) is 0.466. The second-order valence-electron chi connectivity index (χ2n) is 6.42. The second kappa shape index (κ2) is 7.60. The topological polar surface area (TPSA) is 66.5 Å². The molecule has 0 aliphatic rings. The Bertz CT molecular complexity index is 1110. The van der Waals surface area contributed by atoms with E-state index in [1.165, 1.54) is 6.92 Å². The molecule has 0 bridgehead atoms. The van der Waals surface area contributed by atoms with E-state index in [1.54, 1.807) is 13.2 Å². The zero-order valence-corrected chi connectivity index (χ0v) is 15.7. The van der Waals surface area contributed by atoms with Gasteiger partial charge in [-0.05, 0) is 29.8 Å². The molecule has 0 unspecified atom stereocenters. The van der Waals surface area contributed by atoms with Gasteiger partial charge in [-0.1, -0.05) is 30.3 Å². The van der Waals surface area contributed by atoms with Gasteiger partial charge in [-0.25, -0.2) is 0 Å². The summed E-state index contributed by atoms with van der Waals surface area (Å²) in [7, 11) is 1.65. The molecule has 2 aromatic heterocycles. The Balaban J connectivity index is 1.75. The monoisotopic (exact) mass is 376 g/mol. The lowest BCUT2D eigenvalue weighted by molar-refractivity contribution is -0.142. The van der Waals surface area contributed by atoms with Crippen molar-refractivity contribution in [3.8, 4) is 17.2 Å². The number of esters is 1. The normalized spacial score (nSPS) is 10.9. The first-order chi connectivity index (χ1) is 13.6. The molecule has 0 fully saturated rings. The molecule has 0 N–H and O–H groups in total. The highest BCUT2D eigenvalue weighted by atomic mass is 16.5. The van der Waals surface area contributed by atoms with Gasteiger partial charge in [-0.3, -0.25) is 9.48 Å². The number of carbonyl (C=O) groups excluding carboxylic acids is 1. The van der Waals surface area contributed by atoms with E-state index < -0.39 is 0 Å². The highest BCUT2D eigenvalue weighted by molar-refractivity contribution is 5.93. The summed E-state index contributed by atoms with van der Waals surface area (Å²) in [6.45, 7) is 2.10. The molecular weight excluding hydrogens is 356 g/mol. The molecule has 4 aromatic rings. The standard InChI is InChI=1S/C22H20N2O4/c1-15(25)27-14-18-9-11-21(28-18)22-19-10-8-17(26-2)12-20(19)24(23-22)13-16-6-4-3-5-7-16/h3-12H,13-14H2,1-2H3. The third kappa shape index (κ3) is 3.62. The van der Waals surface area contributed by atoms with E-state index in [-0.39, 0.29) is 12.6 Å². The number of methoxy groups -OCH3 is 1. The van der Waals surface area contributed by atoms with E-state index in [4.69, 9.17) is 19.0 Å². The highest BCUT2D eigenvalue weighted by Gasteiger charge is 2.17. The second-order valence-corrected chi connectivity index (χ2v) is 6.42. The van der Waals surface area contributed by atoms with Crippen molar-refractivity contribution in [3.05, 3.63) is 72.0 Å². The van der Waals surface area contributed by atoms with Gasteiger partial charge in [0.1, 0.15) is 23.8 Å². The maximum atomic E-state index is 11.0. The predicted octanol–water partition coefficient (Wildman–Crippen LogP) is 4.42. The third-order valence-electron chi connectivity index (χ3n) is 4.45. The molecular formula is C22H20N2O4. The van der Waals surface area contributed by atoms with Crippen LogP contribution in [0.15, 0.2) is 65.1 Å². The van der Waals surface area contributed by atoms with Crippen molar-refractivity contribution in [2.75, 3.05) is 7.11 Å². The Morgan fingerprint density at radius 3 is 2.68 bits per heavy atom. The molecule has 0 spiro atoms. The lowest BCUT2D eigenvalue weighted by Gasteiger charge is -2.05. The molecule has 0 atom stereocenters. The van der Waals surface area contributed by atoms with Gasteiger partial charge in [0.15, 0.2) is 5.76 Å². The maximum absolute atomic E-state index is 11.0. The van der Waals surface area contributed by atoms with Crippen LogP contribution in [0.5, 0.6) is 5.75 Å². The number of aromatic nitrogens is 2. The van der Waals surface area contributed by atoms with Crippen molar-refractivity contribution >= 4 is 16.9 Å². The summed E-state index contributed by atoms with van der Waals surface area (Å²) in [5.74, 6) is 1.62. The average molecular weight is 376 g/mol. The van der Waals surface area contributed by atoms with Gasteiger partial charge in [-0.2, -0.15) is 5.10 Å². The van der Waals surface area contributed by atoms with Crippen LogP contribution >= 0.6 is 0 Å².